The fourth-order valence-electron chi connectivity index (χ4n) is 4.44. The Bertz CT molecular complexity index is 1150. The standard InChI is InChI=1S/C30H40N2O5.C2H6/c1-4-7-11-28-29(26-22-24(32(34)35)14-17-27(26)37-28)30(33)23-12-15-25(16-13-23)36-21-10-20-31(18-8-5-2)19-9-6-3;1-2/h12-17,22H,4-11,18-21H2,1-3H3;1-2H3. The van der Waals surface area contributed by atoms with Gasteiger partial charge in [0.1, 0.15) is 17.1 Å². The number of hydrogen-bond acceptors (Lipinski definition) is 6. The van der Waals surface area contributed by atoms with Gasteiger partial charge in [0.05, 0.1) is 17.1 Å². The van der Waals surface area contributed by atoms with Crippen molar-refractivity contribution in [2.45, 2.75) is 86.0 Å². The fraction of sp³-hybridized carbons (Fsp3) is 0.531. The Morgan fingerprint density at radius 1 is 0.897 bits per heavy atom. The van der Waals surface area contributed by atoms with Gasteiger partial charge < -0.3 is 14.1 Å². The first kappa shape index (κ1) is 32.0. The highest BCUT2D eigenvalue weighted by molar-refractivity contribution is 6.17. The fourth-order valence-corrected chi connectivity index (χ4v) is 4.44. The highest BCUT2D eigenvalue weighted by Crippen LogP contribution is 2.32. The van der Waals surface area contributed by atoms with Crippen LogP contribution in [0.1, 0.15) is 101 Å². The van der Waals surface area contributed by atoms with Gasteiger partial charge >= 0.3 is 0 Å². The molecule has 0 saturated carbocycles. The Hall–Kier alpha value is -3.19. The van der Waals surface area contributed by atoms with Crippen molar-refractivity contribution in [2.75, 3.05) is 26.2 Å². The summed E-state index contributed by atoms with van der Waals surface area (Å²) in [6, 6.07) is 11.6. The molecule has 0 unspecified atom stereocenters. The molecule has 3 rings (SSSR count). The summed E-state index contributed by atoms with van der Waals surface area (Å²) in [5.41, 5.74) is 1.35. The van der Waals surface area contributed by atoms with Crippen molar-refractivity contribution in [3.8, 4) is 5.75 Å². The second kappa shape index (κ2) is 17.4. The lowest BCUT2D eigenvalue weighted by molar-refractivity contribution is -0.384. The number of ether oxygens (including phenoxy) is 1. The van der Waals surface area contributed by atoms with Crippen LogP contribution in [0.2, 0.25) is 0 Å². The van der Waals surface area contributed by atoms with Crippen LogP contribution in [0.3, 0.4) is 0 Å². The molecule has 2 aromatic carbocycles. The first-order chi connectivity index (χ1) is 19.0. The predicted molar refractivity (Wildman–Crippen MR) is 159 cm³/mol. The maximum absolute atomic E-state index is 13.5. The van der Waals surface area contributed by atoms with E-state index in [0.717, 1.165) is 44.6 Å². The zero-order chi connectivity index (χ0) is 28.6. The monoisotopic (exact) mass is 538 g/mol. The van der Waals surface area contributed by atoms with Crippen LogP contribution in [0.25, 0.3) is 11.0 Å². The lowest BCUT2D eigenvalue weighted by Gasteiger charge is -2.21. The number of fused-ring (bicyclic) bond motifs is 1. The molecule has 0 N–H and O–H groups in total. The average Bonchev–Trinajstić information content (AvgIpc) is 3.33. The van der Waals surface area contributed by atoms with Crippen LogP contribution in [0.15, 0.2) is 46.9 Å². The summed E-state index contributed by atoms with van der Waals surface area (Å²) in [5.74, 6) is 1.11. The quantitative estimate of drug-likeness (QED) is 0.0740. The summed E-state index contributed by atoms with van der Waals surface area (Å²) in [5, 5.41) is 11.8. The number of rotatable bonds is 17. The number of nitrogens with zero attached hydrogens (tertiary/aromatic N) is 2. The Morgan fingerprint density at radius 2 is 1.51 bits per heavy atom. The molecule has 1 heterocycles. The van der Waals surface area contributed by atoms with Crippen LogP contribution in [0, 0.1) is 10.1 Å². The maximum Gasteiger partial charge on any atom is 0.270 e. The smallest absolute Gasteiger partial charge is 0.270 e. The molecule has 0 bridgehead atoms. The molecule has 3 aromatic rings. The van der Waals surface area contributed by atoms with Crippen LogP contribution in [-0.4, -0.2) is 41.8 Å². The molecule has 0 radical (unpaired) electrons. The van der Waals surface area contributed by atoms with E-state index in [1.165, 1.54) is 37.8 Å². The van der Waals surface area contributed by atoms with Crippen LogP contribution in [-0.2, 0) is 6.42 Å². The third kappa shape index (κ3) is 9.50. The van der Waals surface area contributed by atoms with E-state index in [-0.39, 0.29) is 11.5 Å². The highest BCUT2D eigenvalue weighted by atomic mass is 16.6. The lowest BCUT2D eigenvalue weighted by atomic mass is 9.98. The number of carbonyl (C=O) groups is 1. The summed E-state index contributed by atoms with van der Waals surface area (Å²) in [7, 11) is 0. The minimum absolute atomic E-state index is 0.0592. The summed E-state index contributed by atoms with van der Waals surface area (Å²) in [4.78, 5) is 26.9. The molecule has 7 nitrogen and oxygen atoms in total. The minimum Gasteiger partial charge on any atom is -0.494 e. The molecule has 214 valence electrons. The Kier molecular flexibility index (Phi) is 14.3. The number of aryl methyl sites for hydroxylation is 1. The van der Waals surface area contributed by atoms with Crippen LogP contribution < -0.4 is 4.74 Å². The molecule has 1 aromatic heterocycles. The zero-order valence-corrected chi connectivity index (χ0v) is 24.5. The van der Waals surface area contributed by atoms with Gasteiger partial charge in [-0.1, -0.05) is 53.9 Å². The number of furan rings is 1. The molecular formula is C32H46N2O5. The zero-order valence-electron chi connectivity index (χ0n) is 24.5. The van der Waals surface area contributed by atoms with E-state index < -0.39 is 4.92 Å². The number of unbranched alkanes of at least 4 members (excludes halogenated alkanes) is 3. The number of nitro groups is 1. The first-order valence-electron chi connectivity index (χ1n) is 14.7. The Labute approximate surface area is 233 Å². The second-order valence-electron chi connectivity index (χ2n) is 9.55. The molecule has 0 aliphatic heterocycles. The van der Waals surface area contributed by atoms with Crippen molar-refractivity contribution in [1.82, 2.24) is 4.90 Å². The molecule has 0 saturated heterocycles. The van der Waals surface area contributed by atoms with E-state index in [2.05, 4.69) is 25.7 Å². The maximum atomic E-state index is 13.5. The SMILES string of the molecule is CC.CCCCc1oc2ccc([N+](=O)[O-])cc2c1C(=O)c1ccc(OCCCN(CCCC)CCCC)cc1. The molecular weight excluding hydrogens is 492 g/mol. The van der Waals surface area contributed by atoms with Crippen molar-refractivity contribution >= 4 is 22.4 Å². The Morgan fingerprint density at radius 3 is 2.10 bits per heavy atom. The van der Waals surface area contributed by atoms with Gasteiger partial charge in [-0.2, -0.15) is 0 Å². The van der Waals surface area contributed by atoms with Crippen molar-refractivity contribution in [3.05, 3.63) is 69.5 Å². The van der Waals surface area contributed by atoms with E-state index in [9.17, 15) is 14.9 Å². The van der Waals surface area contributed by atoms with Crippen molar-refractivity contribution in [2.24, 2.45) is 0 Å². The van der Waals surface area contributed by atoms with Crippen molar-refractivity contribution < 1.29 is 18.9 Å². The van der Waals surface area contributed by atoms with Crippen LogP contribution in [0.5, 0.6) is 5.75 Å². The third-order valence-corrected chi connectivity index (χ3v) is 6.60. The van der Waals surface area contributed by atoms with Crippen LogP contribution in [0.4, 0.5) is 5.69 Å². The number of nitro benzene ring substituents is 1. The molecule has 0 aliphatic carbocycles. The van der Waals surface area contributed by atoms with E-state index in [1.807, 2.05) is 26.0 Å². The Balaban J connectivity index is 0.00000260. The molecule has 39 heavy (non-hydrogen) atoms. The van der Waals surface area contributed by atoms with E-state index in [1.54, 1.807) is 18.2 Å². The first-order valence-corrected chi connectivity index (χ1v) is 14.7. The van der Waals surface area contributed by atoms with Gasteiger partial charge in [0, 0.05) is 36.0 Å². The predicted octanol–water partition coefficient (Wildman–Crippen LogP) is 8.61. The van der Waals surface area contributed by atoms with Gasteiger partial charge in [0.15, 0.2) is 5.78 Å². The molecule has 0 atom stereocenters. The van der Waals surface area contributed by atoms with Gasteiger partial charge in [-0.25, -0.2) is 0 Å². The molecule has 0 spiro atoms. The van der Waals surface area contributed by atoms with Gasteiger partial charge in [0.25, 0.3) is 5.69 Å². The van der Waals surface area contributed by atoms with Crippen molar-refractivity contribution in [1.29, 1.82) is 0 Å². The number of benzene rings is 2. The number of carbonyl (C=O) groups excluding carboxylic acids is 1. The van der Waals surface area contributed by atoms with E-state index >= 15 is 0 Å². The van der Waals surface area contributed by atoms with E-state index in [4.69, 9.17) is 9.15 Å². The van der Waals surface area contributed by atoms with Gasteiger partial charge in [-0.3, -0.25) is 14.9 Å². The normalized spacial score (nSPS) is 10.9. The number of hydrogen-bond donors (Lipinski definition) is 0. The molecule has 7 heteroatoms. The van der Waals surface area contributed by atoms with Gasteiger partial charge in [-0.05, 0) is 69.1 Å². The molecule has 0 aliphatic rings. The third-order valence-electron chi connectivity index (χ3n) is 6.60. The lowest BCUT2D eigenvalue weighted by Crippen LogP contribution is -2.28. The summed E-state index contributed by atoms with van der Waals surface area (Å²) in [6.07, 6.45) is 8.23. The molecule has 0 fully saturated rings. The van der Waals surface area contributed by atoms with Gasteiger partial charge in [0.2, 0.25) is 0 Å². The van der Waals surface area contributed by atoms with Gasteiger partial charge in [-0.15, -0.1) is 0 Å². The minimum atomic E-state index is -0.453. The van der Waals surface area contributed by atoms with Crippen molar-refractivity contribution in [3.63, 3.8) is 0 Å². The number of ketones is 1. The average molecular weight is 539 g/mol. The largest absolute Gasteiger partial charge is 0.494 e. The number of non-ortho nitro benzene ring substituents is 1. The second-order valence-corrected chi connectivity index (χ2v) is 9.55. The van der Waals surface area contributed by atoms with E-state index in [0.29, 0.717) is 40.9 Å². The highest BCUT2D eigenvalue weighted by Gasteiger charge is 2.23. The topological polar surface area (TPSA) is 85.8 Å². The molecule has 0 amide bonds. The summed E-state index contributed by atoms with van der Waals surface area (Å²) in [6.45, 7) is 14.4. The summed E-state index contributed by atoms with van der Waals surface area (Å²) < 4.78 is 11.9. The van der Waals surface area contributed by atoms with Crippen LogP contribution >= 0.6 is 0 Å². The summed E-state index contributed by atoms with van der Waals surface area (Å²) >= 11 is 0.